The van der Waals surface area contributed by atoms with E-state index in [-0.39, 0.29) is 30.5 Å². The number of fused-ring (bicyclic) bond motifs is 1. The monoisotopic (exact) mass is 466 g/mol. The highest BCUT2D eigenvalue weighted by atomic mass is 16.3. The van der Waals surface area contributed by atoms with E-state index in [0.717, 1.165) is 42.6 Å². The van der Waals surface area contributed by atoms with Crippen molar-refractivity contribution in [1.82, 2.24) is 14.8 Å². The van der Waals surface area contributed by atoms with Crippen molar-refractivity contribution < 1.29 is 9.90 Å². The molecule has 0 bridgehead atoms. The van der Waals surface area contributed by atoms with Crippen LogP contribution in [0.2, 0.25) is 0 Å². The van der Waals surface area contributed by atoms with Crippen molar-refractivity contribution in [2.45, 2.75) is 37.3 Å². The van der Waals surface area contributed by atoms with E-state index in [1.165, 1.54) is 5.56 Å². The lowest BCUT2D eigenvalue weighted by atomic mass is 9.74. The minimum absolute atomic E-state index is 0.0722. The summed E-state index contributed by atoms with van der Waals surface area (Å²) in [6.45, 7) is 2.52. The first-order valence-electron chi connectivity index (χ1n) is 12.3. The number of nitriles is 1. The molecule has 6 heteroatoms. The molecule has 0 unspecified atom stereocenters. The second kappa shape index (κ2) is 10.4. The van der Waals surface area contributed by atoms with Gasteiger partial charge in [-0.3, -0.25) is 14.7 Å². The van der Waals surface area contributed by atoms with E-state index in [4.69, 9.17) is 0 Å². The first-order valence-corrected chi connectivity index (χ1v) is 12.3. The van der Waals surface area contributed by atoms with Crippen LogP contribution in [0.15, 0.2) is 73.1 Å². The molecular formula is C29H30N4O2. The minimum Gasteiger partial charge on any atom is -0.395 e. The Morgan fingerprint density at radius 3 is 2.54 bits per heavy atom. The minimum atomic E-state index is 0.0722. The highest BCUT2D eigenvalue weighted by molar-refractivity contribution is 5.78. The highest BCUT2D eigenvalue weighted by Gasteiger charge is 2.49. The van der Waals surface area contributed by atoms with Gasteiger partial charge >= 0.3 is 0 Å². The Labute approximate surface area is 206 Å². The van der Waals surface area contributed by atoms with Gasteiger partial charge in [0.05, 0.1) is 24.7 Å². The van der Waals surface area contributed by atoms with Gasteiger partial charge in [-0.15, -0.1) is 0 Å². The fourth-order valence-corrected chi connectivity index (χ4v) is 5.62. The van der Waals surface area contributed by atoms with Crippen LogP contribution in [0.4, 0.5) is 0 Å². The second-order valence-corrected chi connectivity index (χ2v) is 9.47. The molecule has 2 aliphatic rings. The molecule has 0 aliphatic carbocycles. The van der Waals surface area contributed by atoms with Gasteiger partial charge in [0.15, 0.2) is 0 Å². The summed E-state index contributed by atoms with van der Waals surface area (Å²) in [5.74, 6) is 0.325. The van der Waals surface area contributed by atoms with Crippen molar-refractivity contribution in [3.05, 3.63) is 89.7 Å². The number of carbonyl (C=O) groups excluding carboxylic acids is 1. The van der Waals surface area contributed by atoms with E-state index in [2.05, 4.69) is 40.2 Å². The summed E-state index contributed by atoms with van der Waals surface area (Å²) in [6, 6.07) is 22.4. The number of hydrogen-bond donors (Lipinski definition) is 1. The van der Waals surface area contributed by atoms with Crippen molar-refractivity contribution >= 4 is 5.91 Å². The molecule has 2 saturated heterocycles. The zero-order valence-electron chi connectivity index (χ0n) is 19.8. The van der Waals surface area contributed by atoms with Crippen molar-refractivity contribution in [2.75, 3.05) is 26.2 Å². The lowest BCUT2D eigenvalue weighted by Gasteiger charge is -2.57. The summed E-state index contributed by atoms with van der Waals surface area (Å²) < 4.78 is 0. The topological polar surface area (TPSA) is 80.5 Å². The third kappa shape index (κ3) is 4.84. The molecule has 0 saturated carbocycles. The molecule has 0 radical (unpaired) electrons. The summed E-state index contributed by atoms with van der Waals surface area (Å²) in [6.07, 6.45) is 5.84. The molecule has 2 aliphatic heterocycles. The van der Waals surface area contributed by atoms with Crippen LogP contribution >= 0.6 is 0 Å². The Bertz CT molecular complexity index is 1210. The summed E-state index contributed by atoms with van der Waals surface area (Å²) >= 11 is 0. The van der Waals surface area contributed by atoms with Crippen molar-refractivity contribution in [2.24, 2.45) is 0 Å². The standard InChI is InChI=1S/C29H30N4O2/c30-18-22-4-3-5-25(16-22)23-6-8-24(9-7-23)29-26-19-32(14-1-2-15-33(26)27(29)20-34)28(35)17-21-10-12-31-13-11-21/h3-13,16,26-27,29,34H,1-2,14-15,17,19-20H2/t26-,27-,29+/m0/s1. The molecule has 5 rings (SSSR count). The third-order valence-electron chi connectivity index (χ3n) is 7.45. The summed E-state index contributed by atoms with van der Waals surface area (Å²) in [5.41, 5.74) is 4.90. The van der Waals surface area contributed by atoms with Crippen LogP contribution in [0.5, 0.6) is 0 Å². The second-order valence-electron chi connectivity index (χ2n) is 9.47. The number of aliphatic hydroxyl groups excluding tert-OH is 1. The van der Waals surface area contributed by atoms with E-state index in [1.807, 2.05) is 41.3 Å². The van der Waals surface area contributed by atoms with Gasteiger partial charge in [0, 0.05) is 43.5 Å². The number of nitrogens with zero attached hydrogens (tertiary/aromatic N) is 4. The van der Waals surface area contributed by atoms with E-state index in [0.29, 0.717) is 18.5 Å². The number of amides is 1. The maximum absolute atomic E-state index is 13.2. The average Bonchev–Trinajstić information content (AvgIpc) is 2.88. The van der Waals surface area contributed by atoms with E-state index in [1.54, 1.807) is 12.4 Å². The molecule has 3 heterocycles. The molecule has 1 amide bonds. The Morgan fingerprint density at radius 2 is 1.80 bits per heavy atom. The lowest BCUT2D eigenvalue weighted by Crippen LogP contribution is -2.68. The molecule has 0 spiro atoms. The maximum atomic E-state index is 13.2. The van der Waals surface area contributed by atoms with Crippen molar-refractivity contribution in [3.8, 4) is 17.2 Å². The largest absolute Gasteiger partial charge is 0.395 e. The van der Waals surface area contributed by atoms with Gasteiger partial charge in [0.2, 0.25) is 5.91 Å². The number of aliphatic hydroxyl groups is 1. The van der Waals surface area contributed by atoms with Gasteiger partial charge in [-0.1, -0.05) is 36.4 Å². The fraction of sp³-hybridized carbons (Fsp3) is 0.345. The molecule has 178 valence electrons. The predicted molar refractivity (Wildman–Crippen MR) is 134 cm³/mol. The molecule has 35 heavy (non-hydrogen) atoms. The molecule has 1 N–H and O–H groups in total. The van der Waals surface area contributed by atoms with Crippen molar-refractivity contribution in [1.29, 1.82) is 5.26 Å². The van der Waals surface area contributed by atoms with Crippen LogP contribution in [-0.2, 0) is 11.2 Å². The molecule has 2 fully saturated rings. The first kappa shape index (κ1) is 23.2. The number of pyridine rings is 1. The van der Waals surface area contributed by atoms with Crippen LogP contribution < -0.4 is 0 Å². The van der Waals surface area contributed by atoms with Gasteiger partial charge in [0.25, 0.3) is 0 Å². The Morgan fingerprint density at radius 1 is 1.03 bits per heavy atom. The number of carbonyl (C=O) groups is 1. The summed E-state index contributed by atoms with van der Waals surface area (Å²) in [4.78, 5) is 21.6. The summed E-state index contributed by atoms with van der Waals surface area (Å²) in [7, 11) is 0. The van der Waals surface area contributed by atoms with Crippen LogP contribution in [0.3, 0.4) is 0 Å². The normalized spacial score (nSPS) is 22.3. The van der Waals surface area contributed by atoms with Gasteiger partial charge in [-0.2, -0.15) is 5.26 Å². The zero-order chi connectivity index (χ0) is 24.2. The maximum Gasteiger partial charge on any atom is 0.227 e. The fourth-order valence-electron chi connectivity index (χ4n) is 5.62. The average molecular weight is 467 g/mol. The summed E-state index contributed by atoms with van der Waals surface area (Å²) in [5, 5.41) is 19.4. The predicted octanol–water partition coefficient (Wildman–Crippen LogP) is 3.61. The Hall–Kier alpha value is -3.53. The zero-order valence-corrected chi connectivity index (χ0v) is 19.8. The smallest absolute Gasteiger partial charge is 0.227 e. The molecule has 3 atom stereocenters. The number of hydrogen-bond acceptors (Lipinski definition) is 5. The first-order chi connectivity index (χ1) is 17.2. The lowest BCUT2D eigenvalue weighted by molar-refractivity contribution is -0.135. The quantitative estimate of drug-likeness (QED) is 0.621. The van der Waals surface area contributed by atoms with Gasteiger partial charge in [-0.25, -0.2) is 0 Å². The SMILES string of the molecule is N#Cc1cccc(-c2ccc([C@H]3[C@H](CO)N4CCCCN(C(=O)Cc5ccncc5)C[C@@H]34)cc2)c1. The molecule has 1 aromatic heterocycles. The van der Waals surface area contributed by atoms with E-state index < -0.39 is 0 Å². The highest BCUT2D eigenvalue weighted by Crippen LogP contribution is 2.42. The van der Waals surface area contributed by atoms with Crippen molar-refractivity contribution in [3.63, 3.8) is 0 Å². The Kier molecular flexibility index (Phi) is 6.89. The van der Waals surface area contributed by atoms with Crippen LogP contribution in [0.1, 0.15) is 35.4 Å². The molecule has 3 aromatic rings. The van der Waals surface area contributed by atoms with Crippen LogP contribution in [-0.4, -0.2) is 64.1 Å². The molecular weight excluding hydrogens is 436 g/mol. The van der Waals surface area contributed by atoms with Gasteiger partial charge in [-0.05, 0) is 65.9 Å². The van der Waals surface area contributed by atoms with Gasteiger partial charge < -0.3 is 10.0 Å². The van der Waals surface area contributed by atoms with E-state index in [9.17, 15) is 15.2 Å². The van der Waals surface area contributed by atoms with Crippen LogP contribution in [0.25, 0.3) is 11.1 Å². The number of rotatable bonds is 5. The van der Waals surface area contributed by atoms with Crippen LogP contribution in [0, 0.1) is 11.3 Å². The number of aromatic nitrogens is 1. The van der Waals surface area contributed by atoms with E-state index >= 15 is 0 Å². The molecule has 2 aromatic carbocycles. The Balaban J connectivity index is 1.35. The van der Waals surface area contributed by atoms with Gasteiger partial charge in [0.1, 0.15) is 0 Å². The third-order valence-corrected chi connectivity index (χ3v) is 7.45. The molecule has 6 nitrogen and oxygen atoms in total. The number of benzene rings is 2.